The molecule has 3 saturated carbocycles. The van der Waals surface area contributed by atoms with Crippen LogP contribution in [0.5, 0.6) is 0 Å². The zero-order valence-electron chi connectivity index (χ0n) is 9.64. The van der Waals surface area contributed by atoms with Gasteiger partial charge in [0.25, 0.3) is 0 Å². The van der Waals surface area contributed by atoms with Crippen molar-refractivity contribution in [2.45, 2.75) is 53.4 Å². The summed E-state index contributed by atoms with van der Waals surface area (Å²) in [4.78, 5) is 0. The van der Waals surface area contributed by atoms with Gasteiger partial charge in [0.15, 0.2) is 0 Å². The summed E-state index contributed by atoms with van der Waals surface area (Å²) in [5, 5.41) is 0. The molecule has 0 heterocycles. The minimum Gasteiger partial charge on any atom is -0.0651 e. The molecular weight excluding hydrogens is 156 g/mol. The standard InChI is InChI=1S/C13H24/c1-5-10(6-2)12-9(3)13(4)7-11(12)8-13/h9-12H,5-8H2,1-4H3/t9-,11?,12-,13?/m1/s1. The zero-order valence-corrected chi connectivity index (χ0v) is 9.64. The Morgan fingerprint density at radius 2 is 1.77 bits per heavy atom. The Morgan fingerprint density at radius 3 is 2.08 bits per heavy atom. The minimum atomic E-state index is 0.748. The van der Waals surface area contributed by atoms with E-state index in [4.69, 9.17) is 0 Å². The van der Waals surface area contributed by atoms with Crippen LogP contribution in [-0.2, 0) is 0 Å². The quantitative estimate of drug-likeness (QED) is 0.613. The van der Waals surface area contributed by atoms with Crippen LogP contribution < -0.4 is 0 Å². The summed E-state index contributed by atoms with van der Waals surface area (Å²) in [6, 6.07) is 0. The molecule has 0 unspecified atom stereocenters. The first-order valence-electron chi connectivity index (χ1n) is 6.12. The molecule has 0 aromatic rings. The number of rotatable bonds is 3. The molecular formula is C13H24. The highest BCUT2D eigenvalue weighted by Gasteiger charge is 2.58. The van der Waals surface area contributed by atoms with E-state index in [9.17, 15) is 0 Å². The fourth-order valence-corrected chi connectivity index (χ4v) is 4.28. The Hall–Kier alpha value is 0. The largest absolute Gasteiger partial charge is 0.0651 e. The summed E-state index contributed by atoms with van der Waals surface area (Å²) < 4.78 is 0. The first kappa shape index (κ1) is 9.55. The summed E-state index contributed by atoms with van der Waals surface area (Å²) in [6.45, 7) is 9.77. The van der Waals surface area contributed by atoms with E-state index < -0.39 is 0 Å². The van der Waals surface area contributed by atoms with Gasteiger partial charge >= 0.3 is 0 Å². The van der Waals surface area contributed by atoms with Crippen LogP contribution in [0, 0.1) is 29.1 Å². The van der Waals surface area contributed by atoms with Crippen molar-refractivity contribution < 1.29 is 0 Å². The molecule has 0 aromatic carbocycles. The molecule has 2 bridgehead atoms. The Bertz CT molecular complexity index is 184. The highest BCUT2D eigenvalue weighted by atomic mass is 14.6. The van der Waals surface area contributed by atoms with E-state index >= 15 is 0 Å². The Morgan fingerprint density at radius 1 is 1.23 bits per heavy atom. The molecule has 0 amide bonds. The molecule has 0 aromatic heterocycles. The van der Waals surface area contributed by atoms with Crippen LogP contribution in [0.1, 0.15) is 53.4 Å². The van der Waals surface area contributed by atoms with Crippen molar-refractivity contribution in [3.05, 3.63) is 0 Å². The molecule has 13 heavy (non-hydrogen) atoms. The fourth-order valence-electron chi connectivity index (χ4n) is 4.28. The first-order chi connectivity index (χ1) is 6.12. The van der Waals surface area contributed by atoms with Crippen LogP contribution in [0.3, 0.4) is 0 Å². The second kappa shape index (κ2) is 3.00. The predicted octanol–water partition coefficient (Wildman–Crippen LogP) is 4.10. The summed E-state index contributed by atoms with van der Waals surface area (Å²) in [5.41, 5.74) is 0.748. The highest BCUT2D eigenvalue weighted by Crippen LogP contribution is 2.67. The van der Waals surface area contributed by atoms with Gasteiger partial charge in [-0.25, -0.2) is 0 Å². The Balaban J connectivity index is 2.09. The summed E-state index contributed by atoms with van der Waals surface area (Å²) in [6.07, 6.45) is 5.88. The van der Waals surface area contributed by atoms with Crippen molar-refractivity contribution in [1.29, 1.82) is 0 Å². The number of fused-ring (bicyclic) bond motifs is 1. The lowest BCUT2D eigenvalue weighted by molar-refractivity contribution is 0.136. The van der Waals surface area contributed by atoms with E-state index in [0.717, 1.165) is 29.1 Å². The molecule has 0 radical (unpaired) electrons. The van der Waals surface area contributed by atoms with Crippen LogP contribution in [-0.4, -0.2) is 0 Å². The van der Waals surface area contributed by atoms with Gasteiger partial charge in [-0.05, 0) is 41.9 Å². The van der Waals surface area contributed by atoms with Gasteiger partial charge in [0.1, 0.15) is 0 Å². The van der Waals surface area contributed by atoms with Gasteiger partial charge in [-0.3, -0.25) is 0 Å². The van der Waals surface area contributed by atoms with Gasteiger partial charge in [-0.15, -0.1) is 0 Å². The molecule has 3 fully saturated rings. The van der Waals surface area contributed by atoms with Crippen molar-refractivity contribution in [2.24, 2.45) is 29.1 Å². The van der Waals surface area contributed by atoms with Crippen LogP contribution >= 0.6 is 0 Å². The van der Waals surface area contributed by atoms with E-state index in [0.29, 0.717) is 0 Å². The molecule has 0 heteroatoms. The van der Waals surface area contributed by atoms with E-state index in [2.05, 4.69) is 27.7 Å². The maximum absolute atomic E-state index is 2.51. The maximum atomic E-state index is 2.51. The van der Waals surface area contributed by atoms with Crippen molar-refractivity contribution in [1.82, 2.24) is 0 Å². The average molecular weight is 180 g/mol. The van der Waals surface area contributed by atoms with E-state index in [1.165, 1.54) is 25.7 Å². The zero-order chi connectivity index (χ0) is 9.64. The SMILES string of the molecule is CCC(CC)[C@@H]1C2CC(C)(C2)[C@@H]1C. The summed E-state index contributed by atoms with van der Waals surface area (Å²) >= 11 is 0. The van der Waals surface area contributed by atoms with Gasteiger partial charge in [0.05, 0.1) is 0 Å². The van der Waals surface area contributed by atoms with Crippen molar-refractivity contribution in [2.75, 3.05) is 0 Å². The van der Waals surface area contributed by atoms with Crippen LogP contribution in [0.25, 0.3) is 0 Å². The molecule has 3 aliphatic carbocycles. The minimum absolute atomic E-state index is 0.748. The molecule has 2 atom stereocenters. The Labute approximate surface area is 83.1 Å². The molecule has 3 rings (SSSR count). The second-order valence-electron chi connectivity index (χ2n) is 5.76. The van der Waals surface area contributed by atoms with E-state index in [1.54, 1.807) is 0 Å². The molecule has 0 nitrogen and oxygen atoms in total. The number of hydrogen-bond donors (Lipinski definition) is 0. The summed E-state index contributed by atoms with van der Waals surface area (Å²) in [7, 11) is 0. The summed E-state index contributed by atoms with van der Waals surface area (Å²) in [5.74, 6) is 4.19. The number of hydrogen-bond acceptors (Lipinski definition) is 0. The van der Waals surface area contributed by atoms with Crippen molar-refractivity contribution in [3.8, 4) is 0 Å². The third-order valence-corrected chi connectivity index (χ3v) is 5.27. The monoisotopic (exact) mass is 180 g/mol. The van der Waals surface area contributed by atoms with Gasteiger partial charge in [-0.1, -0.05) is 40.5 Å². The Kier molecular flexibility index (Phi) is 2.20. The maximum Gasteiger partial charge on any atom is -0.0292 e. The lowest BCUT2D eigenvalue weighted by Crippen LogP contribution is -2.27. The van der Waals surface area contributed by atoms with Gasteiger partial charge < -0.3 is 0 Å². The van der Waals surface area contributed by atoms with Crippen LogP contribution in [0.2, 0.25) is 0 Å². The van der Waals surface area contributed by atoms with Crippen LogP contribution in [0.15, 0.2) is 0 Å². The lowest BCUT2D eigenvalue weighted by atomic mass is 9.68. The fraction of sp³-hybridized carbons (Fsp3) is 1.00. The normalized spacial score (nSPS) is 48.2. The topological polar surface area (TPSA) is 0 Å². The van der Waals surface area contributed by atoms with Gasteiger partial charge in [0, 0.05) is 0 Å². The molecule has 0 saturated heterocycles. The first-order valence-corrected chi connectivity index (χ1v) is 6.12. The lowest BCUT2D eigenvalue weighted by Gasteiger charge is -2.37. The van der Waals surface area contributed by atoms with E-state index in [-0.39, 0.29) is 0 Å². The van der Waals surface area contributed by atoms with Crippen molar-refractivity contribution in [3.63, 3.8) is 0 Å². The highest BCUT2D eigenvalue weighted by molar-refractivity contribution is 5.08. The van der Waals surface area contributed by atoms with Crippen molar-refractivity contribution >= 4 is 0 Å². The van der Waals surface area contributed by atoms with E-state index in [1.807, 2.05) is 0 Å². The predicted molar refractivity (Wildman–Crippen MR) is 57.6 cm³/mol. The molecule has 0 N–H and O–H groups in total. The molecule has 76 valence electrons. The van der Waals surface area contributed by atoms with Crippen LogP contribution in [0.4, 0.5) is 0 Å². The average Bonchev–Trinajstić information content (AvgIpc) is 2.42. The third kappa shape index (κ3) is 1.17. The second-order valence-corrected chi connectivity index (χ2v) is 5.76. The molecule has 0 spiro atoms. The molecule has 0 aliphatic heterocycles. The van der Waals surface area contributed by atoms with Gasteiger partial charge in [-0.2, -0.15) is 0 Å². The third-order valence-electron chi connectivity index (χ3n) is 5.27. The molecule has 3 aliphatic rings. The van der Waals surface area contributed by atoms with Gasteiger partial charge in [0.2, 0.25) is 0 Å². The smallest absolute Gasteiger partial charge is 0.0292 e.